The van der Waals surface area contributed by atoms with Gasteiger partial charge in [0.15, 0.2) is 5.78 Å². The van der Waals surface area contributed by atoms with E-state index < -0.39 is 10.0 Å². The molecule has 25 heavy (non-hydrogen) atoms. The lowest BCUT2D eigenvalue weighted by Gasteiger charge is -2.26. The summed E-state index contributed by atoms with van der Waals surface area (Å²) in [5.41, 5.74) is 0.400. The van der Waals surface area contributed by atoms with Crippen molar-refractivity contribution < 1.29 is 13.2 Å². The summed E-state index contributed by atoms with van der Waals surface area (Å²) in [5, 5.41) is 2.02. The lowest BCUT2D eigenvalue weighted by Crippen LogP contribution is -2.36. The molecular formula is C18H22N2O3S2. The fourth-order valence-electron chi connectivity index (χ4n) is 3.10. The molecule has 1 aliphatic heterocycles. The zero-order chi connectivity index (χ0) is 17.9. The Morgan fingerprint density at radius 2 is 2.00 bits per heavy atom. The average molecular weight is 379 g/mol. The van der Waals surface area contributed by atoms with E-state index in [2.05, 4.69) is 15.7 Å². The first-order valence-electron chi connectivity index (χ1n) is 8.35. The van der Waals surface area contributed by atoms with E-state index in [1.807, 2.05) is 11.4 Å². The molecule has 5 nitrogen and oxygen atoms in total. The average Bonchev–Trinajstić information content (AvgIpc) is 3.29. The van der Waals surface area contributed by atoms with E-state index >= 15 is 0 Å². The summed E-state index contributed by atoms with van der Waals surface area (Å²) in [6, 6.07) is 10.3. The second kappa shape index (κ2) is 7.78. The molecular weight excluding hydrogens is 356 g/mol. The van der Waals surface area contributed by atoms with Crippen LogP contribution in [-0.4, -0.2) is 38.7 Å². The Morgan fingerprint density at radius 1 is 1.24 bits per heavy atom. The number of sulfonamides is 1. The Labute approximate surface area is 152 Å². The van der Waals surface area contributed by atoms with Gasteiger partial charge in [0.2, 0.25) is 10.0 Å². The third-order valence-corrected chi connectivity index (χ3v) is 6.87. The Kier molecular flexibility index (Phi) is 5.68. The third kappa shape index (κ3) is 4.36. The molecule has 0 aliphatic carbocycles. The fraction of sp³-hybridized carbons (Fsp3) is 0.389. The van der Waals surface area contributed by atoms with Gasteiger partial charge in [-0.25, -0.2) is 13.1 Å². The molecule has 2 aromatic rings. The maximum Gasteiger partial charge on any atom is 0.240 e. The normalized spacial score (nSPS) is 16.8. The monoisotopic (exact) mass is 378 g/mol. The molecule has 1 aromatic heterocycles. The van der Waals surface area contributed by atoms with Crippen LogP contribution < -0.4 is 4.72 Å². The first-order valence-corrected chi connectivity index (χ1v) is 10.7. The quantitative estimate of drug-likeness (QED) is 0.752. The molecule has 1 unspecified atom stereocenters. The van der Waals surface area contributed by atoms with Gasteiger partial charge in [-0.05, 0) is 56.4 Å². The number of Topliss-reactive ketones (excluding diaryl/α,β-unsaturated/α-hetero) is 1. The summed E-state index contributed by atoms with van der Waals surface area (Å²) in [7, 11) is -3.66. The predicted molar refractivity (Wildman–Crippen MR) is 99.5 cm³/mol. The molecule has 7 heteroatoms. The van der Waals surface area contributed by atoms with Crippen LogP contribution >= 0.6 is 11.3 Å². The van der Waals surface area contributed by atoms with Crippen molar-refractivity contribution in [2.75, 3.05) is 19.6 Å². The number of carbonyl (C=O) groups is 1. The van der Waals surface area contributed by atoms with Crippen LogP contribution in [0.5, 0.6) is 0 Å². The maximum atomic E-state index is 12.7. The van der Waals surface area contributed by atoms with E-state index in [1.165, 1.54) is 23.9 Å². The number of nitrogens with one attached hydrogen (secondary N) is 1. The van der Waals surface area contributed by atoms with Crippen molar-refractivity contribution in [3.05, 3.63) is 52.2 Å². The highest BCUT2D eigenvalue weighted by Gasteiger charge is 2.26. The number of thiophene rings is 1. The minimum absolute atomic E-state index is 0.0493. The summed E-state index contributed by atoms with van der Waals surface area (Å²) >= 11 is 1.65. The standard InChI is InChI=1S/C18H22N2O3S2/c1-14(21)15-6-4-7-16(12-15)25(22,23)19-13-17(18-8-5-11-24-18)20-9-2-3-10-20/h4-8,11-12,17,19H,2-3,9-10,13H2,1H3. The topological polar surface area (TPSA) is 66.5 Å². The highest BCUT2D eigenvalue weighted by atomic mass is 32.2. The molecule has 0 spiro atoms. The molecule has 0 saturated carbocycles. The molecule has 0 bridgehead atoms. The van der Waals surface area contributed by atoms with Crippen LogP contribution in [0.4, 0.5) is 0 Å². The van der Waals surface area contributed by atoms with Crippen molar-refractivity contribution in [1.29, 1.82) is 0 Å². The largest absolute Gasteiger partial charge is 0.295 e. The lowest BCUT2D eigenvalue weighted by molar-refractivity contribution is 0.101. The number of hydrogen-bond acceptors (Lipinski definition) is 5. The molecule has 1 saturated heterocycles. The van der Waals surface area contributed by atoms with Gasteiger partial charge in [-0.3, -0.25) is 9.69 Å². The Hall–Kier alpha value is -1.54. The van der Waals surface area contributed by atoms with Crippen LogP contribution in [0.15, 0.2) is 46.7 Å². The summed E-state index contributed by atoms with van der Waals surface area (Å²) in [5.74, 6) is -0.148. The Bertz CT molecular complexity index is 826. The molecule has 3 rings (SSSR count). The third-order valence-electron chi connectivity index (χ3n) is 4.47. The first kappa shape index (κ1) is 18.3. The molecule has 0 amide bonds. The van der Waals surface area contributed by atoms with Gasteiger partial charge in [0, 0.05) is 17.0 Å². The zero-order valence-electron chi connectivity index (χ0n) is 14.1. The Balaban J connectivity index is 1.77. The van der Waals surface area contributed by atoms with Crippen LogP contribution in [-0.2, 0) is 10.0 Å². The number of carbonyl (C=O) groups excluding carboxylic acids is 1. The number of benzene rings is 1. The van der Waals surface area contributed by atoms with Crippen molar-refractivity contribution in [1.82, 2.24) is 9.62 Å². The van der Waals surface area contributed by atoms with Crippen molar-refractivity contribution in [2.24, 2.45) is 0 Å². The molecule has 1 N–H and O–H groups in total. The van der Waals surface area contributed by atoms with Gasteiger partial charge in [0.05, 0.1) is 10.9 Å². The van der Waals surface area contributed by atoms with E-state index in [1.54, 1.807) is 23.5 Å². The van der Waals surface area contributed by atoms with E-state index in [4.69, 9.17) is 0 Å². The summed E-state index contributed by atoms with van der Waals surface area (Å²) in [4.78, 5) is 15.1. The lowest BCUT2D eigenvalue weighted by atomic mass is 10.2. The number of nitrogens with zero attached hydrogens (tertiary/aromatic N) is 1. The molecule has 1 aromatic carbocycles. The second-order valence-corrected chi connectivity index (χ2v) is 8.96. The SMILES string of the molecule is CC(=O)c1cccc(S(=O)(=O)NCC(c2cccs2)N2CCCC2)c1. The van der Waals surface area contributed by atoms with Crippen molar-refractivity contribution in [2.45, 2.75) is 30.7 Å². The molecule has 0 radical (unpaired) electrons. The van der Waals surface area contributed by atoms with Gasteiger partial charge in [-0.1, -0.05) is 18.2 Å². The molecule has 1 atom stereocenters. The zero-order valence-corrected chi connectivity index (χ0v) is 15.8. The van der Waals surface area contributed by atoms with Gasteiger partial charge in [-0.15, -0.1) is 11.3 Å². The van der Waals surface area contributed by atoms with Gasteiger partial charge >= 0.3 is 0 Å². The second-order valence-electron chi connectivity index (χ2n) is 6.21. The van der Waals surface area contributed by atoms with Crippen LogP contribution in [0.1, 0.15) is 41.0 Å². The highest BCUT2D eigenvalue weighted by Crippen LogP contribution is 2.28. The smallest absolute Gasteiger partial charge is 0.240 e. The minimum Gasteiger partial charge on any atom is -0.295 e. The van der Waals surface area contributed by atoms with Crippen molar-refractivity contribution in [3.8, 4) is 0 Å². The summed E-state index contributed by atoms with van der Waals surface area (Å²) in [6.45, 7) is 3.74. The first-order chi connectivity index (χ1) is 12.0. The maximum absolute atomic E-state index is 12.7. The van der Waals surface area contributed by atoms with E-state index in [0.29, 0.717) is 12.1 Å². The number of rotatable bonds is 7. The van der Waals surface area contributed by atoms with Crippen LogP contribution in [0, 0.1) is 0 Å². The van der Waals surface area contributed by atoms with Crippen molar-refractivity contribution in [3.63, 3.8) is 0 Å². The highest BCUT2D eigenvalue weighted by molar-refractivity contribution is 7.89. The Morgan fingerprint density at radius 3 is 2.64 bits per heavy atom. The van der Waals surface area contributed by atoms with E-state index in [-0.39, 0.29) is 16.7 Å². The predicted octanol–water partition coefficient (Wildman–Crippen LogP) is 3.07. The number of likely N-dealkylation sites (tertiary alicyclic amines) is 1. The van der Waals surface area contributed by atoms with Crippen LogP contribution in [0.3, 0.4) is 0 Å². The van der Waals surface area contributed by atoms with E-state index in [9.17, 15) is 13.2 Å². The van der Waals surface area contributed by atoms with Crippen molar-refractivity contribution >= 4 is 27.1 Å². The minimum atomic E-state index is -3.66. The molecule has 1 aliphatic rings. The molecule has 2 heterocycles. The fourth-order valence-corrected chi connectivity index (χ4v) is 5.04. The number of hydrogen-bond donors (Lipinski definition) is 1. The van der Waals surface area contributed by atoms with Gasteiger partial charge in [0.25, 0.3) is 0 Å². The van der Waals surface area contributed by atoms with Gasteiger partial charge in [-0.2, -0.15) is 0 Å². The molecule has 1 fully saturated rings. The number of ketones is 1. The van der Waals surface area contributed by atoms with Crippen LogP contribution in [0.2, 0.25) is 0 Å². The molecule has 134 valence electrons. The van der Waals surface area contributed by atoms with Crippen LogP contribution in [0.25, 0.3) is 0 Å². The van der Waals surface area contributed by atoms with Gasteiger partial charge in [0.1, 0.15) is 0 Å². The van der Waals surface area contributed by atoms with E-state index in [0.717, 1.165) is 25.9 Å². The summed E-state index contributed by atoms with van der Waals surface area (Å²) < 4.78 is 28.0. The summed E-state index contributed by atoms with van der Waals surface area (Å²) in [6.07, 6.45) is 2.30. The van der Waals surface area contributed by atoms with Gasteiger partial charge < -0.3 is 0 Å².